The van der Waals surface area contributed by atoms with Crippen molar-refractivity contribution in [1.29, 1.82) is 0 Å². The zero-order valence-electron chi connectivity index (χ0n) is 7.11. The third-order valence-electron chi connectivity index (χ3n) is 2.01. The topological polar surface area (TPSA) is 34.1 Å². The van der Waals surface area contributed by atoms with E-state index in [4.69, 9.17) is 0 Å². The molecule has 0 atom stereocenters. The molecular weight excluding hydrogens is 264 g/mol. The Kier molecular flexibility index (Phi) is 2.56. The minimum atomic E-state index is -2.51. The third kappa shape index (κ3) is 1.67. The molecule has 0 aliphatic carbocycles. The molecule has 0 amide bonds. The Bertz CT molecular complexity index is 553. The first-order valence-corrected chi connectivity index (χ1v) is 5.98. The number of fused-ring (bicyclic) bond motifs is 1. The van der Waals surface area contributed by atoms with Gasteiger partial charge in [-0.15, -0.1) is 0 Å². The van der Waals surface area contributed by atoms with Crippen LogP contribution >= 0.6 is 15.9 Å². The van der Waals surface area contributed by atoms with Gasteiger partial charge in [-0.2, -0.15) is 0 Å². The lowest BCUT2D eigenvalue weighted by atomic mass is 10.1. The molecule has 0 fully saturated rings. The highest BCUT2D eigenvalue weighted by atomic mass is 79.9. The zero-order chi connectivity index (χ0) is 10.1. The monoisotopic (exact) mass is 270 g/mol. The van der Waals surface area contributed by atoms with Gasteiger partial charge in [-0.3, -0.25) is 0 Å². The van der Waals surface area contributed by atoms with E-state index in [0.29, 0.717) is 4.90 Å². The highest BCUT2D eigenvalue weighted by molar-refractivity contribution is 9.10. The van der Waals surface area contributed by atoms with E-state index in [1.165, 1.54) is 0 Å². The quantitative estimate of drug-likeness (QED) is 0.809. The first-order valence-electron chi connectivity index (χ1n) is 4.01. The summed E-state index contributed by atoms with van der Waals surface area (Å²) in [6, 6.07) is 10.9. The summed E-state index contributed by atoms with van der Waals surface area (Å²) >= 11 is 3.35. The SMILES string of the molecule is O=[SH](=O)c1cc(Br)c2ccccc2c1. The van der Waals surface area contributed by atoms with Crippen LogP contribution in [0.4, 0.5) is 0 Å². The number of hydrogen-bond acceptors (Lipinski definition) is 2. The van der Waals surface area contributed by atoms with Crippen LogP contribution in [0.5, 0.6) is 0 Å². The Morgan fingerprint density at radius 3 is 2.50 bits per heavy atom. The van der Waals surface area contributed by atoms with Gasteiger partial charge < -0.3 is 0 Å². The van der Waals surface area contributed by atoms with Gasteiger partial charge in [0.25, 0.3) is 0 Å². The van der Waals surface area contributed by atoms with E-state index in [-0.39, 0.29) is 0 Å². The van der Waals surface area contributed by atoms with Gasteiger partial charge in [-0.1, -0.05) is 40.2 Å². The van der Waals surface area contributed by atoms with Gasteiger partial charge in [-0.05, 0) is 22.9 Å². The summed E-state index contributed by atoms with van der Waals surface area (Å²) in [5.41, 5.74) is 0. The minimum absolute atomic E-state index is 0.338. The van der Waals surface area contributed by atoms with Gasteiger partial charge in [-0.25, -0.2) is 8.42 Å². The number of thiol groups is 1. The Labute approximate surface area is 91.6 Å². The smallest absolute Gasteiger partial charge is 0.168 e. The standard InChI is InChI=1S/C10H7BrO2S/c11-10-6-8(14(12)13)5-7-3-1-2-4-9(7)10/h1-6,14H. The fourth-order valence-corrected chi connectivity index (χ4v) is 2.62. The van der Waals surface area contributed by atoms with Crippen LogP contribution in [0.25, 0.3) is 10.8 Å². The molecule has 0 heterocycles. The fraction of sp³-hybridized carbons (Fsp3) is 0. The number of rotatable bonds is 1. The average molecular weight is 271 g/mol. The molecule has 0 aromatic heterocycles. The zero-order valence-corrected chi connectivity index (χ0v) is 9.59. The van der Waals surface area contributed by atoms with Crippen molar-refractivity contribution in [3.63, 3.8) is 0 Å². The van der Waals surface area contributed by atoms with Crippen molar-refractivity contribution in [1.82, 2.24) is 0 Å². The summed E-state index contributed by atoms with van der Waals surface area (Å²) in [6.45, 7) is 0. The van der Waals surface area contributed by atoms with Crippen molar-refractivity contribution in [3.8, 4) is 0 Å². The number of halogens is 1. The lowest BCUT2D eigenvalue weighted by Crippen LogP contribution is -1.82. The highest BCUT2D eigenvalue weighted by Gasteiger charge is 2.02. The molecule has 0 N–H and O–H groups in total. The first kappa shape index (κ1) is 9.68. The van der Waals surface area contributed by atoms with E-state index in [1.807, 2.05) is 24.3 Å². The van der Waals surface area contributed by atoms with Crippen molar-refractivity contribution in [3.05, 3.63) is 40.9 Å². The van der Waals surface area contributed by atoms with Gasteiger partial charge in [0.1, 0.15) is 0 Å². The summed E-state index contributed by atoms with van der Waals surface area (Å²) in [6.07, 6.45) is 0. The normalized spacial score (nSPS) is 11.0. The molecule has 0 unspecified atom stereocenters. The van der Waals surface area contributed by atoms with Crippen molar-refractivity contribution in [2.24, 2.45) is 0 Å². The highest BCUT2D eigenvalue weighted by Crippen LogP contribution is 2.26. The molecule has 2 aromatic rings. The maximum atomic E-state index is 10.8. The molecule has 0 spiro atoms. The predicted octanol–water partition coefficient (Wildman–Crippen LogP) is 2.57. The van der Waals surface area contributed by atoms with Gasteiger partial charge >= 0.3 is 0 Å². The van der Waals surface area contributed by atoms with Crippen molar-refractivity contribution in [2.75, 3.05) is 0 Å². The van der Waals surface area contributed by atoms with E-state index in [2.05, 4.69) is 15.9 Å². The van der Waals surface area contributed by atoms with Crippen LogP contribution in [0.2, 0.25) is 0 Å². The van der Waals surface area contributed by atoms with E-state index in [0.717, 1.165) is 15.2 Å². The molecule has 0 bridgehead atoms. The van der Waals surface area contributed by atoms with Crippen LogP contribution in [0.1, 0.15) is 0 Å². The lowest BCUT2D eigenvalue weighted by molar-refractivity contribution is 0.614. The molecule has 72 valence electrons. The second-order valence-electron chi connectivity index (χ2n) is 2.91. The predicted molar refractivity (Wildman–Crippen MR) is 60.2 cm³/mol. The Morgan fingerprint density at radius 2 is 1.79 bits per heavy atom. The largest absolute Gasteiger partial charge is 0.227 e. The van der Waals surface area contributed by atoms with Crippen molar-refractivity contribution in [2.45, 2.75) is 4.90 Å². The van der Waals surface area contributed by atoms with E-state index in [9.17, 15) is 8.42 Å². The molecule has 2 nitrogen and oxygen atoms in total. The number of hydrogen-bond donors (Lipinski definition) is 1. The molecule has 14 heavy (non-hydrogen) atoms. The summed E-state index contributed by atoms with van der Waals surface area (Å²) < 4.78 is 22.4. The Morgan fingerprint density at radius 1 is 1.07 bits per heavy atom. The molecule has 0 saturated heterocycles. The second-order valence-corrected chi connectivity index (χ2v) is 4.79. The molecule has 0 saturated carbocycles. The summed E-state index contributed by atoms with van der Waals surface area (Å²) in [7, 11) is -2.51. The van der Waals surface area contributed by atoms with Crippen LogP contribution in [0.3, 0.4) is 0 Å². The Hall–Kier alpha value is -0.870. The lowest BCUT2D eigenvalue weighted by Gasteiger charge is -2.01. The molecule has 2 aromatic carbocycles. The second kappa shape index (κ2) is 3.71. The van der Waals surface area contributed by atoms with Gasteiger partial charge in [0.05, 0.1) is 4.90 Å². The minimum Gasteiger partial charge on any atom is -0.227 e. The average Bonchev–Trinajstić information content (AvgIpc) is 2.17. The molecule has 0 aliphatic rings. The first-order chi connectivity index (χ1) is 6.68. The van der Waals surface area contributed by atoms with Crippen molar-refractivity contribution < 1.29 is 8.42 Å². The van der Waals surface area contributed by atoms with Gasteiger partial charge in [0, 0.05) is 4.47 Å². The Balaban J connectivity index is 2.85. The molecule has 0 radical (unpaired) electrons. The van der Waals surface area contributed by atoms with Gasteiger partial charge in [0.2, 0.25) is 0 Å². The maximum Gasteiger partial charge on any atom is 0.168 e. The van der Waals surface area contributed by atoms with Crippen LogP contribution in [-0.2, 0) is 10.7 Å². The van der Waals surface area contributed by atoms with Crippen LogP contribution in [-0.4, -0.2) is 8.42 Å². The van der Waals surface area contributed by atoms with Gasteiger partial charge in [0.15, 0.2) is 10.7 Å². The molecular formula is C10H7BrO2S. The van der Waals surface area contributed by atoms with E-state index in [1.54, 1.807) is 12.1 Å². The van der Waals surface area contributed by atoms with Crippen LogP contribution in [0.15, 0.2) is 45.8 Å². The summed E-state index contributed by atoms with van der Waals surface area (Å²) in [5.74, 6) is 0. The van der Waals surface area contributed by atoms with E-state index < -0.39 is 10.7 Å². The number of benzene rings is 2. The van der Waals surface area contributed by atoms with E-state index >= 15 is 0 Å². The maximum absolute atomic E-state index is 10.8. The van der Waals surface area contributed by atoms with Crippen LogP contribution < -0.4 is 0 Å². The van der Waals surface area contributed by atoms with Crippen molar-refractivity contribution >= 4 is 37.4 Å². The molecule has 0 aliphatic heterocycles. The summed E-state index contributed by atoms with van der Waals surface area (Å²) in [5, 5.41) is 1.95. The fourth-order valence-electron chi connectivity index (χ4n) is 1.35. The molecule has 4 heteroatoms. The summed E-state index contributed by atoms with van der Waals surface area (Å²) in [4.78, 5) is 0.338. The third-order valence-corrected chi connectivity index (χ3v) is 3.34. The molecule has 2 rings (SSSR count). The van der Waals surface area contributed by atoms with Crippen LogP contribution in [0, 0.1) is 0 Å².